The molecule has 0 spiro atoms. The highest BCUT2D eigenvalue weighted by atomic mass is 32.2. The van der Waals surface area contributed by atoms with Gasteiger partial charge in [0, 0.05) is 23.4 Å². The molecule has 1 aromatic carbocycles. The number of amidine groups is 1. The zero-order chi connectivity index (χ0) is 15.9. The molecule has 1 aromatic rings. The topological polar surface area (TPSA) is 32.7 Å². The van der Waals surface area contributed by atoms with Crippen molar-refractivity contribution in [1.29, 1.82) is 0 Å². The summed E-state index contributed by atoms with van der Waals surface area (Å²) in [5, 5.41) is 1.40. The lowest BCUT2D eigenvalue weighted by Gasteiger charge is -2.24. The largest absolute Gasteiger partial charge is 0.347 e. The van der Waals surface area contributed by atoms with Crippen molar-refractivity contribution in [2.45, 2.75) is 51.8 Å². The fourth-order valence-electron chi connectivity index (χ4n) is 2.87. The molecule has 0 bridgehead atoms. The van der Waals surface area contributed by atoms with Crippen LogP contribution in [0.2, 0.25) is 0 Å². The molecule has 1 aliphatic carbocycles. The van der Waals surface area contributed by atoms with E-state index in [-0.39, 0.29) is 5.91 Å². The van der Waals surface area contributed by atoms with E-state index in [1.807, 2.05) is 32.0 Å². The maximum absolute atomic E-state index is 12.6. The van der Waals surface area contributed by atoms with Gasteiger partial charge >= 0.3 is 0 Å². The molecule has 1 saturated carbocycles. The van der Waals surface area contributed by atoms with E-state index in [0.29, 0.717) is 11.3 Å². The van der Waals surface area contributed by atoms with E-state index in [0.717, 1.165) is 28.8 Å². The highest BCUT2D eigenvalue weighted by molar-refractivity contribution is 8.14. The van der Waals surface area contributed by atoms with Crippen LogP contribution in [-0.2, 0) is 0 Å². The zero-order valence-corrected chi connectivity index (χ0v) is 14.6. The second-order valence-electron chi connectivity index (χ2n) is 6.68. The van der Waals surface area contributed by atoms with Crippen molar-refractivity contribution in [3.05, 3.63) is 34.9 Å². The Morgan fingerprint density at radius 2 is 2.05 bits per heavy atom. The first-order valence-corrected chi connectivity index (χ1v) is 8.97. The number of aliphatic imine (C=N–C) groups is 1. The van der Waals surface area contributed by atoms with Crippen LogP contribution in [0, 0.1) is 19.8 Å². The van der Waals surface area contributed by atoms with Gasteiger partial charge in [-0.1, -0.05) is 36.4 Å². The molecule has 1 amide bonds. The molecule has 0 N–H and O–H groups in total. The summed E-state index contributed by atoms with van der Waals surface area (Å²) >= 11 is 1.74. The Morgan fingerprint density at radius 3 is 2.68 bits per heavy atom. The van der Waals surface area contributed by atoms with Crippen LogP contribution >= 0.6 is 11.8 Å². The van der Waals surface area contributed by atoms with Gasteiger partial charge in [-0.25, -0.2) is 0 Å². The smallest absolute Gasteiger partial charge is 0.279 e. The first kappa shape index (κ1) is 15.6. The lowest BCUT2D eigenvalue weighted by molar-refractivity contribution is 0.100. The lowest BCUT2D eigenvalue weighted by Crippen LogP contribution is -2.35. The van der Waals surface area contributed by atoms with Crippen LogP contribution in [0.4, 0.5) is 0 Å². The Morgan fingerprint density at radius 1 is 1.32 bits per heavy atom. The van der Waals surface area contributed by atoms with Gasteiger partial charge < -0.3 is 4.90 Å². The van der Waals surface area contributed by atoms with Crippen LogP contribution < -0.4 is 0 Å². The Labute approximate surface area is 137 Å². The summed E-state index contributed by atoms with van der Waals surface area (Å²) in [7, 11) is 0. The molecule has 1 saturated heterocycles. The Balaban J connectivity index is 1.83. The van der Waals surface area contributed by atoms with Crippen molar-refractivity contribution in [3.63, 3.8) is 0 Å². The van der Waals surface area contributed by atoms with E-state index in [9.17, 15) is 4.79 Å². The Bertz CT molecular complexity index is 622. The van der Waals surface area contributed by atoms with Crippen LogP contribution in [0.5, 0.6) is 0 Å². The third kappa shape index (κ3) is 3.22. The van der Waals surface area contributed by atoms with Gasteiger partial charge in [-0.3, -0.25) is 4.79 Å². The number of hydrogen-bond acceptors (Lipinski definition) is 2. The van der Waals surface area contributed by atoms with Crippen LogP contribution in [-0.4, -0.2) is 33.8 Å². The first-order valence-electron chi connectivity index (χ1n) is 8.09. The van der Waals surface area contributed by atoms with Gasteiger partial charge in [0.25, 0.3) is 5.91 Å². The molecule has 1 heterocycles. The molecule has 4 heteroatoms. The fraction of sp³-hybridized carbons (Fsp3) is 0.556. The highest BCUT2D eigenvalue weighted by Crippen LogP contribution is 2.37. The monoisotopic (exact) mass is 316 g/mol. The summed E-state index contributed by atoms with van der Waals surface area (Å²) in [5.41, 5.74) is 2.90. The van der Waals surface area contributed by atoms with Crippen molar-refractivity contribution < 1.29 is 4.79 Å². The number of benzene rings is 1. The van der Waals surface area contributed by atoms with Crippen molar-refractivity contribution in [2.75, 3.05) is 6.54 Å². The summed E-state index contributed by atoms with van der Waals surface area (Å²) in [4.78, 5) is 19.4. The summed E-state index contributed by atoms with van der Waals surface area (Å²) < 4.78 is 0. The molecule has 0 radical (unpaired) electrons. The van der Waals surface area contributed by atoms with E-state index in [1.54, 1.807) is 11.8 Å². The number of rotatable bonds is 3. The van der Waals surface area contributed by atoms with Gasteiger partial charge in [0.15, 0.2) is 5.17 Å². The molecule has 3 nitrogen and oxygen atoms in total. The minimum atomic E-state index is -0.109. The van der Waals surface area contributed by atoms with Gasteiger partial charge in [-0.2, -0.15) is 4.99 Å². The molecule has 2 unspecified atom stereocenters. The average Bonchev–Trinajstić information content (AvgIpc) is 3.22. The molecule has 2 atom stereocenters. The third-order valence-electron chi connectivity index (χ3n) is 4.67. The summed E-state index contributed by atoms with van der Waals surface area (Å²) in [5.74, 6) is 0.692. The fourth-order valence-corrected chi connectivity index (χ4v) is 4.06. The number of nitrogens with zero attached hydrogens (tertiary/aromatic N) is 2. The predicted molar refractivity (Wildman–Crippen MR) is 93.6 cm³/mol. The van der Waals surface area contributed by atoms with Crippen LogP contribution in [0.25, 0.3) is 0 Å². The first-order chi connectivity index (χ1) is 10.5. The van der Waals surface area contributed by atoms with Crippen LogP contribution in [0.1, 0.15) is 48.2 Å². The van der Waals surface area contributed by atoms with Gasteiger partial charge in [-0.15, -0.1) is 0 Å². The maximum atomic E-state index is 12.6. The molecular formula is C18H24N2OS. The van der Waals surface area contributed by atoms with E-state index < -0.39 is 0 Å². The van der Waals surface area contributed by atoms with Crippen molar-refractivity contribution in [2.24, 2.45) is 10.9 Å². The normalized spacial score (nSPS) is 26.7. The summed E-state index contributed by atoms with van der Waals surface area (Å²) in [6.45, 7) is 9.54. The Hall–Kier alpha value is -1.29. The highest BCUT2D eigenvalue weighted by Gasteiger charge is 2.37. The number of carbonyl (C=O) groups is 1. The summed E-state index contributed by atoms with van der Waals surface area (Å²) in [6.07, 6.45) is 2.64. The van der Waals surface area contributed by atoms with Crippen LogP contribution in [0.15, 0.2) is 23.2 Å². The van der Waals surface area contributed by atoms with Crippen molar-refractivity contribution in [3.8, 4) is 0 Å². The average molecular weight is 316 g/mol. The molecular weight excluding hydrogens is 292 g/mol. The number of amides is 1. The minimum Gasteiger partial charge on any atom is -0.347 e. The predicted octanol–water partition coefficient (Wildman–Crippen LogP) is 4.04. The van der Waals surface area contributed by atoms with Gasteiger partial charge in [0.1, 0.15) is 0 Å². The van der Waals surface area contributed by atoms with E-state index in [4.69, 9.17) is 0 Å². The van der Waals surface area contributed by atoms with E-state index in [1.165, 1.54) is 18.4 Å². The van der Waals surface area contributed by atoms with Crippen molar-refractivity contribution in [1.82, 2.24) is 4.90 Å². The molecule has 3 rings (SSSR count). The summed E-state index contributed by atoms with van der Waals surface area (Å²) in [6, 6.07) is 6.38. The quantitative estimate of drug-likeness (QED) is 0.844. The molecule has 2 aliphatic rings. The minimum absolute atomic E-state index is 0.109. The molecule has 118 valence electrons. The maximum Gasteiger partial charge on any atom is 0.279 e. The van der Waals surface area contributed by atoms with Gasteiger partial charge in [-0.05, 0) is 51.2 Å². The van der Waals surface area contributed by atoms with E-state index >= 15 is 0 Å². The SMILES string of the molecule is Cc1ccc(C(=O)/N=C2\SC(C)C(C)N2CC2CC2)c(C)c1. The number of aryl methyl sites for hydroxylation is 2. The van der Waals surface area contributed by atoms with Crippen molar-refractivity contribution >= 4 is 22.8 Å². The van der Waals surface area contributed by atoms with E-state index in [2.05, 4.69) is 23.7 Å². The lowest BCUT2D eigenvalue weighted by atomic mass is 10.1. The van der Waals surface area contributed by atoms with Gasteiger partial charge in [0.05, 0.1) is 0 Å². The van der Waals surface area contributed by atoms with Gasteiger partial charge in [0.2, 0.25) is 0 Å². The zero-order valence-electron chi connectivity index (χ0n) is 13.8. The number of carbonyl (C=O) groups excluding carboxylic acids is 1. The van der Waals surface area contributed by atoms with Crippen LogP contribution in [0.3, 0.4) is 0 Å². The third-order valence-corrected chi connectivity index (χ3v) is 5.97. The Kier molecular flexibility index (Phi) is 4.31. The molecule has 2 fully saturated rings. The number of hydrogen-bond donors (Lipinski definition) is 0. The molecule has 1 aliphatic heterocycles. The molecule has 22 heavy (non-hydrogen) atoms. The standard InChI is InChI=1S/C18H24N2OS/c1-11-5-8-16(12(2)9-11)17(21)19-18-20(10-15-6-7-15)13(3)14(4)22-18/h5,8-9,13-15H,6-7,10H2,1-4H3/b19-18-. The second kappa shape index (κ2) is 6.07. The second-order valence-corrected chi connectivity index (χ2v) is 8.02. The number of thioether (sulfide) groups is 1. The molecule has 0 aromatic heterocycles.